The van der Waals surface area contributed by atoms with E-state index in [0.29, 0.717) is 17.5 Å². The predicted molar refractivity (Wildman–Crippen MR) is 208 cm³/mol. The summed E-state index contributed by atoms with van der Waals surface area (Å²) in [6.07, 6.45) is 0. The second kappa shape index (κ2) is 11.3. The first-order valence-electron chi connectivity index (χ1n) is 17.4. The van der Waals surface area contributed by atoms with Gasteiger partial charge >= 0.3 is 0 Å². The van der Waals surface area contributed by atoms with Crippen LogP contribution in [0.25, 0.3) is 78.0 Å². The summed E-state index contributed by atoms with van der Waals surface area (Å²) in [6, 6.07) is 53.9. The van der Waals surface area contributed by atoms with Crippen LogP contribution < -0.4 is 0 Å². The highest BCUT2D eigenvalue weighted by atomic mass is 15.0. The first-order valence-corrected chi connectivity index (χ1v) is 17.4. The minimum Gasteiger partial charge on any atom is -0.208 e. The Bertz CT molecular complexity index is 2530. The average molecular weight is 644 g/mol. The van der Waals surface area contributed by atoms with Gasteiger partial charge in [0.25, 0.3) is 0 Å². The Morgan fingerprint density at radius 1 is 0.380 bits per heavy atom. The van der Waals surface area contributed by atoms with Gasteiger partial charge in [0.05, 0.1) is 0 Å². The van der Waals surface area contributed by atoms with E-state index in [-0.39, 0.29) is 10.8 Å². The maximum absolute atomic E-state index is 5.02. The Balaban J connectivity index is 1.26. The smallest absolute Gasteiger partial charge is 0.164 e. The molecule has 0 amide bonds. The summed E-state index contributed by atoms with van der Waals surface area (Å²) in [6.45, 7) is 9.60. The Morgan fingerprint density at radius 3 is 1.58 bits per heavy atom. The van der Waals surface area contributed by atoms with Gasteiger partial charge in [0.1, 0.15) is 0 Å². The molecule has 240 valence electrons. The zero-order valence-corrected chi connectivity index (χ0v) is 28.8. The van der Waals surface area contributed by atoms with Crippen LogP contribution in [0.2, 0.25) is 0 Å². The fraction of sp³-hybridized carbons (Fsp3) is 0.128. The first kappa shape index (κ1) is 30.2. The third-order valence-electron chi connectivity index (χ3n) is 11.3. The van der Waals surface area contributed by atoms with Gasteiger partial charge in [-0.1, -0.05) is 167 Å². The van der Waals surface area contributed by atoms with Gasteiger partial charge in [0.2, 0.25) is 0 Å². The Kier molecular flexibility index (Phi) is 6.82. The van der Waals surface area contributed by atoms with Crippen molar-refractivity contribution in [2.75, 3.05) is 0 Å². The van der Waals surface area contributed by atoms with Crippen LogP contribution in [0.4, 0.5) is 0 Å². The van der Waals surface area contributed by atoms with Gasteiger partial charge in [0.15, 0.2) is 17.5 Å². The molecule has 0 radical (unpaired) electrons. The van der Waals surface area contributed by atoms with Gasteiger partial charge in [-0.3, -0.25) is 0 Å². The van der Waals surface area contributed by atoms with Crippen molar-refractivity contribution in [1.29, 1.82) is 0 Å². The molecule has 0 saturated carbocycles. The molecule has 1 aromatic heterocycles. The molecule has 3 heteroatoms. The zero-order chi connectivity index (χ0) is 34.0. The van der Waals surface area contributed by atoms with Crippen molar-refractivity contribution in [3.63, 3.8) is 0 Å². The normalized spacial score (nSPS) is 14.3. The maximum atomic E-state index is 5.02. The minimum atomic E-state index is -0.0548. The quantitative estimate of drug-likeness (QED) is 0.179. The summed E-state index contributed by atoms with van der Waals surface area (Å²) in [7, 11) is 0. The molecular weight excluding hydrogens is 607 g/mol. The maximum Gasteiger partial charge on any atom is 0.164 e. The zero-order valence-electron chi connectivity index (χ0n) is 28.8. The van der Waals surface area contributed by atoms with Gasteiger partial charge in [-0.15, -0.1) is 0 Å². The number of fused-ring (bicyclic) bond motifs is 7. The molecule has 50 heavy (non-hydrogen) atoms. The molecule has 0 spiro atoms. The van der Waals surface area contributed by atoms with Crippen LogP contribution in [-0.2, 0) is 10.8 Å². The van der Waals surface area contributed by atoms with Gasteiger partial charge in [0, 0.05) is 16.7 Å². The van der Waals surface area contributed by atoms with Crippen molar-refractivity contribution < 1.29 is 0 Å². The van der Waals surface area contributed by atoms with Crippen LogP contribution in [0.15, 0.2) is 152 Å². The highest BCUT2D eigenvalue weighted by Crippen LogP contribution is 2.56. The van der Waals surface area contributed by atoms with Crippen LogP contribution in [0.5, 0.6) is 0 Å². The molecular formula is C47H37N3. The third kappa shape index (κ3) is 4.61. The molecule has 0 N–H and O–H groups in total. The standard InChI is InChI=1S/C47H37N3/c1-46(2)39-25-14-13-24-37(39)42-40(47(46,3)4)27-26-33-29-38(35-22-11-12-23-36(35)41(33)42)32-20-15-21-34(28-32)45-49-43(30-16-7-5-8-17-30)48-44(50-45)31-18-9-6-10-19-31/h5-29H,1-4H3. The SMILES string of the molecule is CC1(C)c2ccccc2-c2c(ccc3cc(-c4cccc(-c5nc(-c6ccccc6)nc(-c6ccccc6)n5)c4)c4ccccc4c23)C1(C)C. The number of nitrogens with zero attached hydrogens (tertiary/aromatic N) is 3. The van der Waals surface area contributed by atoms with Crippen LogP contribution in [0.1, 0.15) is 38.8 Å². The highest BCUT2D eigenvalue weighted by Gasteiger charge is 2.46. The molecule has 1 aliphatic carbocycles. The first-order chi connectivity index (χ1) is 24.3. The molecule has 8 aromatic rings. The van der Waals surface area contributed by atoms with E-state index < -0.39 is 0 Å². The number of rotatable bonds is 4. The van der Waals surface area contributed by atoms with Crippen LogP contribution in [-0.4, -0.2) is 15.0 Å². The molecule has 0 aliphatic heterocycles. The van der Waals surface area contributed by atoms with E-state index in [0.717, 1.165) is 22.3 Å². The lowest BCUT2D eigenvalue weighted by Gasteiger charge is -2.48. The van der Waals surface area contributed by atoms with Crippen molar-refractivity contribution in [2.24, 2.45) is 0 Å². The van der Waals surface area contributed by atoms with E-state index in [1.807, 2.05) is 60.7 Å². The van der Waals surface area contributed by atoms with Crippen molar-refractivity contribution in [3.05, 3.63) is 163 Å². The fourth-order valence-corrected chi connectivity index (χ4v) is 7.92. The fourth-order valence-electron chi connectivity index (χ4n) is 7.92. The molecule has 1 aliphatic rings. The van der Waals surface area contributed by atoms with Gasteiger partial charge < -0.3 is 0 Å². The summed E-state index contributed by atoms with van der Waals surface area (Å²) >= 11 is 0. The molecule has 3 nitrogen and oxygen atoms in total. The third-order valence-corrected chi connectivity index (χ3v) is 11.3. The molecule has 9 rings (SSSR count). The molecule has 0 bridgehead atoms. The Morgan fingerprint density at radius 2 is 0.900 bits per heavy atom. The van der Waals surface area contributed by atoms with E-state index in [1.165, 1.54) is 49.4 Å². The average Bonchev–Trinajstić information content (AvgIpc) is 3.17. The van der Waals surface area contributed by atoms with Crippen molar-refractivity contribution >= 4 is 21.5 Å². The number of aromatic nitrogens is 3. The molecule has 0 saturated heterocycles. The van der Waals surface area contributed by atoms with Crippen molar-refractivity contribution in [1.82, 2.24) is 15.0 Å². The van der Waals surface area contributed by atoms with Crippen molar-refractivity contribution in [2.45, 2.75) is 38.5 Å². The molecule has 7 aromatic carbocycles. The van der Waals surface area contributed by atoms with Gasteiger partial charge in [-0.25, -0.2) is 15.0 Å². The van der Waals surface area contributed by atoms with E-state index in [4.69, 9.17) is 15.0 Å². The second-order valence-electron chi connectivity index (χ2n) is 14.5. The summed E-state index contributed by atoms with van der Waals surface area (Å²) in [4.78, 5) is 14.9. The topological polar surface area (TPSA) is 38.7 Å². The van der Waals surface area contributed by atoms with E-state index >= 15 is 0 Å². The lowest BCUT2D eigenvalue weighted by atomic mass is 9.55. The van der Waals surface area contributed by atoms with Gasteiger partial charge in [-0.2, -0.15) is 0 Å². The Labute approximate surface area is 293 Å². The monoisotopic (exact) mass is 643 g/mol. The van der Waals surface area contributed by atoms with Crippen molar-refractivity contribution in [3.8, 4) is 56.4 Å². The molecule has 0 unspecified atom stereocenters. The lowest BCUT2D eigenvalue weighted by Crippen LogP contribution is -2.43. The van der Waals surface area contributed by atoms with E-state index in [2.05, 4.69) is 119 Å². The molecule has 0 fully saturated rings. The van der Waals surface area contributed by atoms with Gasteiger partial charge in [-0.05, 0) is 77.9 Å². The summed E-state index contributed by atoms with van der Waals surface area (Å²) in [5, 5.41) is 5.07. The summed E-state index contributed by atoms with van der Waals surface area (Å²) < 4.78 is 0. The second-order valence-corrected chi connectivity index (χ2v) is 14.5. The number of hydrogen-bond donors (Lipinski definition) is 0. The van der Waals surface area contributed by atoms with E-state index in [9.17, 15) is 0 Å². The Hall–Kier alpha value is -5.93. The largest absolute Gasteiger partial charge is 0.208 e. The molecule has 1 heterocycles. The van der Waals surface area contributed by atoms with E-state index in [1.54, 1.807) is 0 Å². The minimum absolute atomic E-state index is 0.0176. The summed E-state index contributed by atoms with van der Waals surface area (Å²) in [5.74, 6) is 1.97. The highest BCUT2D eigenvalue weighted by molar-refractivity contribution is 6.20. The number of benzene rings is 7. The van der Waals surface area contributed by atoms with Crippen LogP contribution >= 0.6 is 0 Å². The molecule has 0 atom stereocenters. The number of hydrogen-bond acceptors (Lipinski definition) is 3. The van der Waals surface area contributed by atoms with Crippen LogP contribution in [0, 0.1) is 0 Å². The summed E-state index contributed by atoms with van der Waals surface area (Å²) in [5.41, 5.74) is 10.6. The lowest BCUT2D eigenvalue weighted by molar-refractivity contribution is 0.299. The van der Waals surface area contributed by atoms with Crippen LogP contribution in [0.3, 0.4) is 0 Å². The predicted octanol–water partition coefficient (Wildman–Crippen LogP) is 12.1.